The van der Waals surface area contributed by atoms with Crippen molar-refractivity contribution in [2.45, 2.75) is 6.92 Å². The van der Waals surface area contributed by atoms with Crippen LogP contribution in [-0.4, -0.2) is 35.6 Å². The molecule has 0 radical (unpaired) electrons. The van der Waals surface area contributed by atoms with Gasteiger partial charge in [-0.15, -0.1) is 0 Å². The first-order valence-corrected chi connectivity index (χ1v) is 13.2. The van der Waals surface area contributed by atoms with Crippen molar-refractivity contribution < 1.29 is 38.2 Å². The Balaban J connectivity index is 1.16. The van der Waals surface area contributed by atoms with Gasteiger partial charge >= 0.3 is 11.9 Å². The third kappa shape index (κ3) is 6.92. The van der Waals surface area contributed by atoms with E-state index in [1.165, 1.54) is 79.7 Å². The van der Waals surface area contributed by atoms with E-state index in [2.05, 4.69) is 10.6 Å². The molecule has 2 N–H and O–H groups in total. The summed E-state index contributed by atoms with van der Waals surface area (Å²) in [6.45, 7) is 1.39. The van der Waals surface area contributed by atoms with Crippen LogP contribution in [0.1, 0.15) is 38.0 Å². The summed E-state index contributed by atoms with van der Waals surface area (Å²) in [5, 5.41) is 5.34. The lowest BCUT2D eigenvalue weighted by Crippen LogP contribution is -2.29. The highest BCUT2D eigenvalue weighted by Crippen LogP contribution is 2.22. The maximum absolute atomic E-state index is 12.9. The fraction of sp³-hybridized carbons (Fsp3) is 0.0303. The Kier molecular flexibility index (Phi) is 8.38. The number of hydrogen-bond acceptors (Lipinski definition) is 8. The molecule has 11 heteroatoms. The summed E-state index contributed by atoms with van der Waals surface area (Å²) in [4.78, 5) is 73.9. The number of carbonyl (C=O) groups is 6. The average molecular weight is 590 g/mol. The molecule has 0 saturated carbocycles. The second kappa shape index (κ2) is 12.7. The zero-order valence-corrected chi connectivity index (χ0v) is 23.1. The molecule has 0 aliphatic carbocycles. The topological polar surface area (TPSA) is 148 Å². The van der Waals surface area contributed by atoms with Crippen LogP contribution in [0.15, 0.2) is 109 Å². The predicted octanol–water partition coefficient (Wildman–Crippen LogP) is 4.77. The van der Waals surface area contributed by atoms with Gasteiger partial charge in [-0.05, 0) is 91.0 Å². The van der Waals surface area contributed by atoms with Crippen LogP contribution >= 0.6 is 0 Å². The Hall–Kier alpha value is -6.36. The van der Waals surface area contributed by atoms with Gasteiger partial charge in [0.2, 0.25) is 5.91 Å². The average Bonchev–Trinajstić information content (AvgIpc) is 3.36. The molecule has 1 aliphatic rings. The Morgan fingerprint density at radius 3 is 1.64 bits per heavy atom. The lowest BCUT2D eigenvalue weighted by molar-refractivity contribution is -0.120. The number of benzene rings is 4. The van der Waals surface area contributed by atoms with E-state index in [1.54, 1.807) is 36.4 Å². The number of ether oxygens (including phenoxy) is 2. The molecule has 1 heterocycles. The van der Waals surface area contributed by atoms with E-state index in [-0.39, 0.29) is 34.1 Å². The first kappa shape index (κ1) is 29.1. The van der Waals surface area contributed by atoms with Crippen molar-refractivity contribution >= 4 is 52.6 Å². The Morgan fingerprint density at radius 2 is 1.09 bits per heavy atom. The first-order chi connectivity index (χ1) is 21.2. The number of hydrogen-bond donors (Lipinski definition) is 2. The molecule has 11 nitrogen and oxygen atoms in total. The molecule has 0 saturated heterocycles. The fourth-order valence-electron chi connectivity index (χ4n) is 4.14. The third-order valence-electron chi connectivity index (χ3n) is 6.24. The highest BCUT2D eigenvalue weighted by atomic mass is 16.5. The number of esters is 2. The molecule has 4 amide bonds. The molecule has 4 aromatic rings. The summed E-state index contributed by atoms with van der Waals surface area (Å²) in [6.07, 6.45) is 2.34. The minimum Gasteiger partial charge on any atom is -0.423 e. The van der Waals surface area contributed by atoms with Gasteiger partial charge in [0.15, 0.2) is 0 Å². The van der Waals surface area contributed by atoms with Gasteiger partial charge in [-0.1, -0.05) is 6.07 Å². The van der Waals surface area contributed by atoms with E-state index in [0.717, 1.165) is 4.90 Å². The molecular weight excluding hydrogens is 566 g/mol. The predicted molar refractivity (Wildman–Crippen MR) is 160 cm³/mol. The van der Waals surface area contributed by atoms with E-state index in [0.29, 0.717) is 17.1 Å². The molecular formula is C33H23N3O8. The summed E-state index contributed by atoms with van der Waals surface area (Å²) in [7, 11) is 0. The van der Waals surface area contributed by atoms with Gasteiger partial charge in [-0.2, -0.15) is 0 Å². The minimum atomic E-state index is -0.664. The summed E-state index contributed by atoms with van der Waals surface area (Å²) in [6, 6.07) is 24.2. The second-order valence-electron chi connectivity index (χ2n) is 9.44. The maximum atomic E-state index is 12.9. The molecule has 0 aromatic heterocycles. The van der Waals surface area contributed by atoms with Crippen LogP contribution in [0.4, 0.5) is 17.1 Å². The van der Waals surface area contributed by atoms with E-state index in [4.69, 9.17) is 9.47 Å². The molecule has 44 heavy (non-hydrogen) atoms. The van der Waals surface area contributed by atoms with Crippen LogP contribution < -0.4 is 25.0 Å². The number of nitrogens with zero attached hydrogens (tertiary/aromatic N) is 1. The van der Waals surface area contributed by atoms with Crippen molar-refractivity contribution in [2.24, 2.45) is 0 Å². The second-order valence-corrected chi connectivity index (χ2v) is 9.44. The van der Waals surface area contributed by atoms with Gasteiger partial charge in [0, 0.05) is 36.0 Å². The van der Waals surface area contributed by atoms with Gasteiger partial charge in [0.05, 0.1) is 16.8 Å². The highest BCUT2D eigenvalue weighted by Gasteiger charge is 2.25. The smallest absolute Gasteiger partial charge is 0.343 e. The summed E-state index contributed by atoms with van der Waals surface area (Å²) in [5.74, 6) is -2.45. The molecule has 1 aliphatic heterocycles. The molecule has 0 bridgehead atoms. The maximum Gasteiger partial charge on any atom is 0.343 e. The molecule has 0 unspecified atom stereocenters. The van der Waals surface area contributed by atoms with Crippen molar-refractivity contribution in [1.29, 1.82) is 0 Å². The molecule has 4 aromatic carbocycles. The number of carbonyl (C=O) groups excluding carboxylic acids is 6. The van der Waals surface area contributed by atoms with E-state index < -0.39 is 29.7 Å². The van der Waals surface area contributed by atoms with E-state index in [1.807, 2.05) is 0 Å². The summed E-state index contributed by atoms with van der Waals surface area (Å²) < 4.78 is 10.8. The number of rotatable bonds is 8. The van der Waals surface area contributed by atoms with E-state index in [9.17, 15) is 28.8 Å². The van der Waals surface area contributed by atoms with Gasteiger partial charge in [-0.25, -0.2) is 14.5 Å². The molecule has 218 valence electrons. The lowest BCUT2D eigenvalue weighted by Gasteiger charge is -2.14. The van der Waals surface area contributed by atoms with Gasteiger partial charge in [0.25, 0.3) is 17.7 Å². The normalized spacial score (nSPS) is 12.1. The monoisotopic (exact) mass is 589 g/mol. The van der Waals surface area contributed by atoms with Crippen LogP contribution in [0.25, 0.3) is 0 Å². The highest BCUT2D eigenvalue weighted by molar-refractivity contribution is 6.28. The SMILES string of the molecule is CC(=O)Nc1ccc(OC(=O)c2cccc(C(=O)Nc3ccc(OC(=O)c4ccc(N5C(=O)C=CC5=O)cc4)cc3)c2)cc1. The van der Waals surface area contributed by atoms with Crippen molar-refractivity contribution in [3.63, 3.8) is 0 Å². The van der Waals surface area contributed by atoms with Crippen LogP contribution in [0.3, 0.4) is 0 Å². The minimum absolute atomic E-state index is 0.161. The van der Waals surface area contributed by atoms with E-state index >= 15 is 0 Å². The van der Waals surface area contributed by atoms with Crippen LogP contribution in [0.2, 0.25) is 0 Å². The standard InChI is InChI=1S/C33H23N3O8/c1-20(37)34-24-7-13-28(14-8-24)44-33(42)23-4-2-3-22(19-23)31(40)35-25-9-15-27(16-10-25)43-32(41)21-5-11-26(12-6-21)36-29(38)17-18-30(36)39/h2-19H,1H3,(H,34,37)(H,35,40). The fourth-order valence-corrected chi connectivity index (χ4v) is 4.14. The Morgan fingerprint density at radius 1 is 0.591 bits per heavy atom. The quantitative estimate of drug-likeness (QED) is 0.170. The summed E-state index contributed by atoms with van der Waals surface area (Å²) in [5.41, 5.74) is 1.89. The van der Waals surface area contributed by atoms with Crippen molar-refractivity contribution in [2.75, 3.05) is 15.5 Å². The number of nitrogens with one attached hydrogen (secondary N) is 2. The third-order valence-corrected chi connectivity index (χ3v) is 6.24. The first-order valence-electron chi connectivity index (χ1n) is 13.2. The molecule has 0 atom stereocenters. The number of anilines is 3. The lowest BCUT2D eigenvalue weighted by atomic mass is 10.1. The summed E-state index contributed by atoms with van der Waals surface area (Å²) >= 11 is 0. The van der Waals surface area contributed by atoms with Gasteiger partial charge in [-0.3, -0.25) is 19.2 Å². The van der Waals surface area contributed by atoms with Gasteiger partial charge < -0.3 is 20.1 Å². The van der Waals surface area contributed by atoms with Crippen molar-refractivity contribution in [1.82, 2.24) is 0 Å². The van der Waals surface area contributed by atoms with Crippen LogP contribution in [0, 0.1) is 0 Å². The van der Waals surface area contributed by atoms with Gasteiger partial charge in [0.1, 0.15) is 11.5 Å². The number of imide groups is 1. The van der Waals surface area contributed by atoms with Crippen LogP contribution in [0.5, 0.6) is 11.5 Å². The Labute approximate surface area is 250 Å². The molecule has 0 fully saturated rings. The van der Waals surface area contributed by atoms with Crippen LogP contribution in [-0.2, 0) is 14.4 Å². The van der Waals surface area contributed by atoms with Crippen molar-refractivity contribution in [3.05, 3.63) is 126 Å². The zero-order valence-electron chi connectivity index (χ0n) is 23.1. The zero-order chi connectivity index (χ0) is 31.2. The number of amides is 4. The molecule has 5 rings (SSSR count). The largest absolute Gasteiger partial charge is 0.423 e. The Bertz CT molecular complexity index is 1790. The molecule has 0 spiro atoms. The van der Waals surface area contributed by atoms with Crippen molar-refractivity contribution in [3.8, 4) is 11.5 Å².